The zero-order valence-electron chi connectivity index (χ0n) is 18.3. The summed E-state index contributed by atoms with van der Waals surface area (Å²) in [6, 6.07) is 4.91. The van der Waals surface area contributed by atoms with Crippen molar-refractivity contribution in [2.24, 2.45) is 5.41 Å². The van der Waals surface area contributed by atoms with E-state index >= 15 is 0 Å². The largest absolute Gasteiger partial charge is 0.482 e. The van der Waals surface area contributed by atoms with Gasteiger partial charge >= 0.3 is 6.18 Å². The van der Waals surface area contributed by atoms with E-state index in [1.165, 1.54) is 0 Å². The Morgan fingerprint density at radius 2 is 1.91 bits per heavy atom. The Morgan fingerprint density at radius 1 is 1.23 bits per heavy atom. The van der Waals surface area contributed by atoms with Crippen LogP contribution >= 0.6 is 11.6 Å². The minimum absolute atomic E-state index is 0.0497. The molecule has 0 saturated heterocycles. The van der Waals surface area contributed by atoms with E-state index in [1.54, 1.807) is 18.2 Å². The average Bonchev–Trinajstić information content (AvgIpc) is 2.75. The van der Waals surface area contributed by atoms with E-state index in [9.17, 15) is 27.9 Å². The second kappa shape index (κ2) is 8.34. The zero-order valence-corrected chi connectivity index (χ0v) is 19.0. The summed E-state index contributed by atoms with van der Waals surface area (Å²) in [4.78, 5) is 31.5. The first-order chi connectivity index (χ1) is 16.5. The highest BCUT2D eigenvalue weighted by molar-refractivity contribution is 6.30. The summed E-state index contributed by atoms with van der Waals surface area (Å²) in [5, 5.41) is 13.8. The summed E-state index contributed by atoms with van der Waals surface area (Å²) in [5.41, 5.74) is -0.0202. The summed E-state index contributed by atoms with van der Waals surface area (Å²) in [6.45, 7) is -0.389. The molecule has 0 unspecified atom stereocenters. The molecule has 8 nitrogen and oxygen atoms in total. The number of aromatic nitrogens is 2. The number of hydrogen-bond acceptors (Lipinski definition) is 7. The first kappa shape index (κ1) is 23.8. The molecule has 3 aliphatic carbocycles. The molecule has 4 aliphatic rings. The van der Waals surface area contributed by atoms with Crippen LogP contribution in [0.15, 0.2) is 30.6 Å². The number of rotatable bonds is 7. The van der Waals surface area contributed by atoms with Gasteiger partial charge < -0.3 is 19.9 Å². The van der Waals surface area contributed by atoms with Crippen molar-refractivity contribution in [3.8, 4) is 11.5 Å². The number of carbonyl (C=O) groups is 2. The Hall–Kier alpha value is -2.92. The van der Waals surface area contributed by atoms with Crippen molar-refractivity contribution in [2.75, 3.05) is 6.61 Å². The van der Waals surface area contributed by atoms with Crippen molar-refractivity contribution in [3.63, 3.8) is 0 Å². The van der Waals surface area contributed by atoms with Crippen LogP contribution in [-0.4, -0.2) is 45.0 Å². The highest BCUT2D eigenvalue weighted by Gasteiger charge is 2.68. The molecule has 3 fully saturated rings. The molecule has 1 aliphatic heterocycles. The number of carbonyl (C=O) groups excluding carboxylic acids is 2. The van der Waals surface area contributed by atoms with Gasteiger partial charge in [0.05, 0.1) is 18.5 Å². The second-order valence-electron chi connectivity index (χ2n) is 9.57. The van der Waals surface area contributed by atoms with Crippen molar-refractivity contribution >= 4 is 23.3 Å². The highest BCUT2D eigenvalue weighted by Crippen LogP contribution is 2.69. The van der Waals surface area contributed by atoms with Gasteiger partial charge in [0.15, 0.2) is 24.2 Å². The number of ketones is 1. The number of amides is 1. The lowest BCUT2D eigenvalue weighted by Gasteiger charge is -2.70. The van der Waals surface area contributed by atoms with Crippen LogP contribution in [0.5, 0.6) is 11.5 Å². The van der Waals surface area contributed by atoms with Gasteiger partial charge in [0, 0.05) is 29.0 Å². The van der Waals surface area contributed by atoms with Crippen LogP contribution in [0.4, 0.5) is 13.2 Å². The van der Waals surface area contributed by atoms with E-state index in [0.717, 1.165) is 12.4 Å². The van der Waals surface area contributed by atoms with Gasteiger partial charge in [0.1, 0.15) is 5.75 Å². The molecule has 1 aromatic heterocycles. The number of Topliss-reactive ketones (excluding diaryl/α,β-unsaturated/α-hetero) is 1. The Balaban J connectivity index is 1.08. The monoisotopic (exact) mass is 511 g/mol. The minimum atomic E-state index is -4.65. The standard InChI is InChI=1S/C23H21ClF3N3O5/c24-12-1-2-17-14(3-12)15(31)4-18(35-17)16(32)5-21-9-22(10-21,11-21)30-19(33)8-34-13-6-28-20(29-7-13)23(25,26)27/h1-3,6-7,15,18,31H,4-5,8-11H2,(H,30,33)/t15-,18-,21?,22?/m1/s1. The molecule has 1 aromatic carbocycles. The fraction of sp³-hybridized carbons (Fsp3) is 0.478. The lowest BCUT2D eigenvalue weighted by Crippen LogP contribution is -2.75. The molecule has 35 heavy (non-hydrogen) atoms. The third-order valence-electron chi connectivity index (χ3n) is 6.74. The zero-order chi connectivity index (χ0) is 25.0. The number of halogens is 4. The van der Waals surface area contributed by atoms with Gasteiger partial charge in [-0.2, -0.15) is 13.2 Å². The number of fused-ring (bicyclic) bond motifs is 1. The molecule has 2 N–H and O–H groups in total. The van der Waals surface area contributed by atoms with Gasteiger partial charge in [-0.15, -0.1) is 0 Å². The number of aliphatic hydroxyl groups excluding tert-OH is 1. The van der Waals surface area contributed by atoms with Crippen LogP contribution < -0.4 is 14.8 Å². The smallest absolute Gasteiger partial charge is 0.451 e. The van der Waals surface area contributed by atoms with Crippen molar-refractivity contribution in [2.45, 2.75) is 56.0 Å². The summed E-state index contributed by atoms with van der Waals surface area (Å²) < 4.78 is 48.5. The molecule has 2 aromatic rings. The maximum atomic E-state index is 12.9. The van der Waals surface area contributed by atoms with Crippen LogP contribution in [0.25, 0.3) is 0 Å². The van der Waals surface area contributed by atoms with Gasteiger partial charge in [-0.05, 0) is 42.9 Å². The highest BCUT2D eigenvalue weighted by atomic mass is 35.5. The van der Waals surface area contributed by atoms with E-state index in [2.05, 4.69) is 15.3 Å². The van der Waals surface area contributed by atoms with E-state index in [4.69, 9.17) is 21.1 Å². The van der Waals surface area contributed by atoms with Crippen molar-refractivity contribution in [1.82, 2.24) is 15.3 Å². The quantitative estimate of drug-likeness (QED) is 0.586. The van der Waals surface area contributed by atoms with E-state index in [-0.39, 0.29) is 30.0 Å². The molecular weight excluding hydrogens is 491 g/mol. The Kier molecular flexibility index (Phi) is 5.67. The Bertz CT molecular complexity index is 1150. The Morgan fingerprint density at radius 3 is 2.57 bits per heavy atom. The lowest BCUT2D eigenvalue weighted by molar-refractivity contribution is -0.176. The van der Waals surface area contributed by atoms with Crippen molar-refractivity contribution in [3.05, 3.63) is 47.0 Å². The lowest BCUT2D eigenvalue weighted by atomic mass is 9.38. The Labute approximate surface area is 202 Å². The first-order valence-corrected chi connectivity index (χ1v) is 11.3. The molecule has 186 valence electrons. The number of benzene rings is 1. The normalized spacial score (nSPS) is 28.6. The summed E-state index contributed by atoms with van der Waals surface area (Å²) in [6.07, 6.45) is -2.12. The van der Waals surface area contributed by atoms with Crippen LogP contribution in [0.3, 0.4) is 0 Å². The van der Waals surface area contributed by atoms with Gasteiger partial charge in [0.2, 0.25) is 5.82 Å². The number of hydrogen-bond donors (Lipinski definition) is 2. The summed E-state index contributed by atoms with van der Waals surface area (Å²) in [7, 11) is 0. The maximum Gasteiger partial charge on any atom is 0.451 e. The van der Waals surface area contributed by atoms with Gasteiger partial charge in [-0.1, -0.05) is 11.6 Å². The van der Waals surface area contributed by atoms with Crippen LogP contribution in [-0.2, 0) is 15.8 Å². The topological polar surface area (TPSA) is 111 Å². The average molecular weight is 512 g/mol. The molecule has 0 spiro atoms. The number of alkyl halides is 3. The third-order valence-corrected chi connectivity index (χ3v) is 6.98. The van der Waals surface area contributed by atoms with Gasteiger partial charge in [0.25, 0.3) is 5.91 Å². The molecule has 2 atom stereocenters. The van der Waals surface area contributed by atoms with Crippen LogP contribution in [0, 0.1) is 5.41 Å². The van der Waals surface area contributed by atoms with Crippen LogP contribution in [0.1, 0.15) is 49.6 Å². The fourth-order valence-electron chi connectivity index (χ4n) is 5.43. The number of aliphatic hydroxyl groups is 1. The first-order valence-electron chi connectivity index (χ1n) is 11.0. The fourth-order valence-corrected chi connectivity index (χ4v) is 5.62. The molecule has 2 heterocycles. The molecule has 6 rings (SSSR count). The minimum Gasteiger partial charge on any atom is -0.482 e. The molecule has 1 amide bonds. The SMILES string of the molecule is O=C(COc1cnc(C(F)(F)F)nc1)NC12CC(CC(=O)[C@H]3C[C@@H](O)c4cc(Cl)ccc4O3)(C1)C2. The van der Waals surface area contributed by atoms with Gasteiger partial charge in [-0.3, -0.25) is 9.59 Å². The summed E-state index contributed by atoms with van der Waals surface area (Å²) in [5.74, 6) is -1.39. The van der Waals surface area contributed by atoms with Crippen LogP contribution in [0.2, 0.25) is 5.02 Å². The molecule has 12 heteroatoms. The van der Waals surface area contributed by atoms with Gasteiger partial charge in [-0.25, -0.2) is 9.97 Å². The number of ether oxygens (including phenoxy) is 2. The van der Waals surface area contributed by atoms with E-state index in [0.29, 0.717) is 42.0 Å². The number of nitrogens with one attached hydrogen (secondary N) is 1. The molecule has 0 radical (unpaired) electrons. The number of nitrogens with zero attached hydrogens (tertiary/aromatic N) is 2. The molecule has 3 saturated carbocycles. The van der Waals surface area contributed by atoms with Crippen molar-refractivity contribution in [1.29, 1.82) is 0 Å². The van der Waals surface area contributed by atoms with E-state index in [1.807, 2.05) is 0 Å². The predicted octanol–water partition coefficient (Wildman–Crippen LogP) is 3.41. The second-order valence-corrected chi connectivity index (χ2v) is 10.0. The van der Waals surface area contributed by atoms with Crippen molar-refractivity contribution < 1.29 is 37.3 Å². The molecule has 2 bridgehead atoms. The molecular formula is C23H21ClF3N3O5. The maximum absolute atomic E-state index is 12.9. The van der Waals surface area contributed by atoms with E-state index < -0.39 is 35.7 Å². The third kappa shape index (κ3) is 4.66. The predicted molar refractivity (Wildman–Crippen MR) is 115 cm³/mol. The summed E-state index contributed by atoms with van der Waals surface area (Å²) >= 11 is 5.97.